The summed E-state index contributed by atoms with van der Waals surface area (Å²) >= 11 is 23.7. The second kappa shape index (κ2) is 8.57. The number of allylic oxidation sites excluding steroid dienone is 1. The van der Waals surface area contributed by atoms with Crippen molar-refractivity contribution >= 4 is 63.7 Å². The van der Waals surface area contributed by atoms with Crippen molar-refractivity contribution in [2.45, 2.75) is 13.0 Å². The Morgan fingerprint density at radius 2 is 1.82 bits per heavy atom. The van der Waals surface area contributed by atoms with Crippen LogP contribution >= 0.6 is 47.0 Å². The maximum Gasteiger partial charge on any atom is 0.255 e. The van der Waals surface area contributed by atoms with Gasteiger partial charge in [0.1, 0.15) is 5.75 Å². The fourth-order valence-electron chi connectivity index (χ4n) is 2.93. The van der Waals surface area contributed by atoms with Crippen LogP contribution in [-0.4, -0.2) is 18.1 Å². The monoisotopic (exact) mass is 455 g/mol. The Balaban J connectivity index is 2.01. The summed E-state index contributed by atoms with van der Waals surface area (Å²) in [5.41, 5.74) is 2.17. The maximum absolute atomic E-state index is 13.2. The summed E-state index contributed by atoms with van der Waals surface area (Å²) in [4.78, 5) is 13.2. The molecule has 1 heterocycles. The number of carbonyl (C=O) groups excluding carboxylic acids is 1. The van der Waals surface area contributed by atoms with Crippen molar-refractivity contribution < 1.29 is 9.53 Å². The lowest BCUT2D eigenvalue weighted by Gasteiger charge is -2.31. The number of carbonyl (C=O) groups is 1. The molecule has 3 N–H and O–H groups in total. The summed E-state index contributed by atoms with van der Waals surface area (Å²) in [6.07, 6.45) is 0. The third-order valence-corrected chi connectivity index (χ3v) is 5.21. The van der Waals surface area contributed by atoms with Crippen LogP contribution in [0.2, 0.25) is 15.1 Å². The second-order valence-corrected chi connectivity index (χ2v) is 7.72. The predicted octanol–water partition coefficient (Wildman–Crippen LogP) is 5.09. The minimum atomic E-state index is -0.552. The zero-order valence-electron chi connectivity index (χ0n) is 14.9. The van der Waals surface area contributed by atoms with Gasteiger partial charge in [0, 0.05) is 20.8 Å². The molecule has 0 fully saturated rings. The largest absolute Gasteiger partial charge is 0.495 e. The van der Waals surface area contributed by atoms with E-state index in [0.717, 1.165) is 0 Å². The highest BCUT2D eigenvalue weighted by molar-refractivity contribution is 7.80. The summed E-state index contributed by atoms with van der Waals surface area (Å²) in [6, 6.07) is 9.52. The van der Waals surface area contributed by atoms with Gasteiger partial charge in [-0.05, 0) is 55.0 Å². The zero-order chi connectivity index (χ0) is 20.4. The Kier molecular flexibility index (Phi) is 6.35. The molecule has 1 atom stereocenters. The molecule has 2 aromatic carbocycles. The van der Waals surface area contributed by atoms with E-state index in [2.05, 4.69) is 16.0 Å². The molecule has 9 heteroatoms. The molecule has 0 bridgehead atoms. The van der Waals surface area contributed by atoms with E-state index in [0.29, 0.717) is 48.5 Å². The number of halogens is 3. The van der Waals surface area contributed by atoms with E-state index < -0.39 is 6.04 Å². The van der Waals surface area contributed by atoms with Gasteiger partial charge in [-0.15, -0.1) is 0 Å². The van der Waals surface area contributed by atoms with Crippen LogP contribution in [0, 0.1) is 0 Å². The summed E-state index contributed by atoms with van der Waals surface area (Å²) in [7, 11) is 1.52. The van der Waals surface area contributed by atoms with E-state index >= 15 is 0 Å². The Bertz CT molecular complexity index is 994. The Labute approximate surface area is 183 Å². The van der Waals surface area contributed by atoms with Gasteiger partial charge in [0.2, 0.25) is 0 Å². The number of amides is 1. The number of nitrogens with one attached hydrogen (secondary N) is 3. The van der Waals surface area contributed by atoms with Gasteiger partial charge in [-0.1, -0.05) is 40.9 Å². The van der Waals surface area contributed by atoms with Gasteiger partial charge in [-0.25, -0.2) is 0 Å². The molecule has 5 nitrogen and oxygen atoms in total. The van der Waals surface area contributed by atoms with Crippen molar-refractivity contribution in [1.82, 2.24) is 10.6 Å². The first-order valence-corrected chi connectivity index (χ1v) is 9.72. The molecule has 0 aromatic heterocycles. The molecule has 3 rings (SSSR count). The zero-order valence-corrected chi connectivity index (χ0v) is 18.0. The van der Waals surface area contributed by atoms with Gasteiger partial charge < -0.3 is 20.7 Å². The van der Waals surface area contributed by atoms with E-state index in [9.17, 15) is 4.79 Å². The smallest absolute Gasteiger partial charge is 0.255 e. The highest BCUT2D eigenvalue weighted by Gasteiger charge is 2.31. The van der Waals surface area contributed by atoms with Crippen molar-refractivity contribution in [2.24, 2.45) is 0 Å². The number of hydrogen-bond acceptors (Lipinski definition) is 3. The highest BCUT2D eigenvalue weighted by atomic mass is 35.5. The topological polar surface area (TPSA) is 62.4 Å². The SMILES string of the molecule is COc1ccc(Cl)cc1NC(=O)C1=C(C)NC(=S)N[C@H]1c1ccc(Cl)cc1Cl. The van der Waals surface area contributed by atoms with Crippen molar-refractivity contribution in [3.63, 3.8) is 0 Å². The summed E-state index contributed by atoms with van der Waals surface area (Å²) in [6.45, 7) is 1.77. The van der Waals surface area contributed by atoms with Crippen LogP contribution in [0.3, 0.4) is 0 Å². The first kappa shape index (κ1) is 20.7. The number of thiocarbonyl (C=S) groups is 1. The molecule has 1 aliphatic rings. The number of benzene rings is 2. The first-order valence-electron chi connectivity index (χ1n) is 8.18. The summed E-state index contributed by atoms with van der Waals surface area (Å²) in [5.74, 6) is 0.140. The minimum absolute atomic E-state index is 0.350. The van der Waals surface area contributed by atoms with Crippen LogP contribution in [0.4, 0.5) is 5.69 Å². The molecule has 1 amide bonds. The van der Waals surface area contributed by atoms with E-state index in [1.807, 2.05) is 0 Å². The molecule has 0 unspecified atom stereocenters. The van der Waals surface area contributed by atoms with Crippen LogP contribution in [0.15, 0.2) is 47.7 Å². The molecule has 0 radical (unpaired) electrons. The Morgan fingerprint density at radius 3 is 2.50 bits per heavy atom. The van der Waals surface area contributed by atoms with E-state index in [1.165, 1.54) is 7.11 Å². The van der Waals surface area contributed by atoms with Crippen LogP contribution in [0.1, 0.15) is 18.5 Å². The molecular weight excluding hydrogens is 441 g/mol. The fourth-order valence-corrected chi connectivity index (χ4v) is 3.89. The standard InChI is InChI=1S/C19H16Cl3N3O2S/c1-9-16(18(26)24-14-8-11(21)4-6-15(14)27-2)17(25-19(28)23-9)12-5-3-10(20)7-13(12)22/h3-8,17H,1-2H3,(H,24,26)(H2,23,25,28)/t17-/m0/s1. The van der Waals surface area contributed by atoms with Gasteiger partial charge in [0.15, 0.2) is 5.11 Å². The molecule has 28 heavy (non-hydrogen) atoms. The molecule has 0 saturated carbocycles. The van der Waals surface area contributed by atoms with Crippen LogP contribution in [-0.2, 0) is 4.79 Å². The third kappa shape index (κ3) is 4.36. The molecular formula is C19H16Cl3N3O2S. The third-order valence-electron chi connectivity index (χ3n) is 4.20. The van der Waals surface area contributed by atoms with Gasteiger partial charge in [-0.2, -0.15) is 0 Å². The van der Waals surface area contributed by atoms with Crippen LogP contribution in [0.5, 0.6) is 5.75 Å². The van der Waals surface area contributed by atoms with E-state index in [4.69, 9.17) is 51.8 Å². The number of hydrogen-bond donors (Lipinski definition) is 3. The predicted molar refractivity (Wildman–Crippen MR) is 117 cm³/mol. The molecule has 0 saturated heterocycles. The Morgan fingerprint density at radius 1 is 1.14 bits per heavy atom. The van der Waals surface area contributed by atoms with Gasteiger partial charge in [-0.3, -0.25) is 4.79 Å². The van der Waals surface area contributed by atoms with Crippen molar-refractivity contribution in [3.8, 4) is 5.75 Å². The highest BCUT2D eigenvalue weighted by Crippen LogP contribution is 2.35. The number of anilines is 1. The van der Waals surface area contributed by atoms with Gasteiger partial charge in [0.05, 0.1) is 24.4 Å². The summed E-state index contributed by atoms with van der Waals surface area (Å²) in [5, 5.41) is 10.7. The number of ether oxygens (including phenoxy) is 1. The van der Waals surface area contributed by atoms with Gasteiger partial charge >= 0.3 is 0 Å². The molecule has 0 aliphatic carbocycles. The van der Waals surface area contributed by atoms with Gasteiger partial charge in [0.25, 0.3) is 5.91 Å². The Hall–Kier alpha value is -1.99. The number of rotatable bonds is 4. The molecule has 1 aliphatic heterocycles. The number of methoxy groups -OCH3 is 1. The van der Waals surface area contributed by atoms with E-state index in [-0.39, 0.29) is 5.91 Å². The quantitative estimate of drug-likeness (QED) is 0.560. The lowest BCUT2D eigenvalue weighted by Crippen LogP contribution is -2.45. The normalized spacial score (nSPS) is 16.3. The average molecular weight is 457 g/mol. The maximum atomic E-state index is 13.2. The molecule has 146 valence electrons. The summed E-state index contributed by atoms with van der Waals surface area (Å²) < 4.78 is 5.30. The van der Waals surface area contributed by atoms with Crippen LogP contribution < -0.4 is 20.7 Å². The van der Waals surface area contributed by atoms with Crippen molar-refractivity contribution in [1.29, 1.82) is 0 Å². The average Bonchev–Trinajstić information content (AvgIpc) is 2.61. The van der Waals surface area contributed by atoms with Crippen molar-refractivity contribution in [3.05, 3.63) is 68.3 Å². The van der Waals surface area contributed by atoms with Crippen molar-refractivity contribution in [2.75, 3.05) is 12.4 Å². The fraction of sp³-hybridized carbons (Fsp3) is 0.158. The minimum Gasteiger partial charge on any atom is -0.495 e. The van der Waals surface area contributed by atoms with Crippen LogP contribution in [0.25, 0.3) is 0 Å². The lowest BCUT2D eigenvalue weighted by atomic mass is 9.95. The molecule has 2 aromatic rings. The molecule has 0 spiro atoms. The van der Waals surface area contributed by atoms with E-state index in [1.54, 1.807) is 43.3 Å². The first-order chi connectivity index (χ1) is 13.3. The lowest BCUT2D eigenvalue weighted by molar-refractivity contribution is -0.113. The second-order valence-electron chi connectivity index (χ2n) is 6.03.